The summed E-state index contributed by atoms with van der Waals surface area (Å²) in [4.78, 5) is 29.6. The Morgan fingerprint density at radius 1 is 1.26 bits per heavy atom. The quantitative estimate of drug-likeness (QED) is 0.137. The van der Waals surface area contributed by atoms with Gasteiger partial charge in [-0.25, -0.2) is 4.79 Å². The maximum absolute atomic E-state index is 12.6. The summed E-state index contributed by atoms with van der Waals surface area (Å²) in [5, 5.41) is 6.49. The number of amides is 2. The summed E-state index contributed by atoms with van der Waals surface area (Å²) in [5.74, 6) is 0. The molecule has 212 valence electrons. The summed E-state index contributed by atoms with van der Waals surface area (Å²) in [5.41, 5.74) is 6.24. The van der Waals surface area contributed by atoms with Crippen LogP contribution in [-0.4, -0.2) is 55.5 Å². The first-order valence-electron chi connectivity index (χ1n) is 13.3. The van der Waals surface area contributed by atoms with Gasteiger partial charge in [-0.3, -0.25) is 9.79 Å². The molecule has 0 saturated carbocycles. The summed E-state index contributed by atoms with van der Waals surface area (Å²) in [6.07, 6.45) is 10.6. The molecule has 2 N–H and O–H groups in total. The molecule has 1 saturated heterocycles. The smallest absolute Gasteiger partial charge is 0.410 e. The Balaban J connectivity index is 2.44. The average molecular weight is 555 g/mol. The molecule has 2 rings (SSSR count). The predicted octanol–water partition coefficient (Wildman–Crippen LogP) is 6.76. The Morgan fingerprint density at radius 3 is 2.51 bits per heavy atom. The second-order valence-electron chi connectivity index (χ2n) is 10.7. The molecule has 0 aliphatic carbocycles. The van der Waals surface area contributed by atoms with Crippen molar-refractivity contribution in [1.29, 1.82) is 0 Å². The van der Waals surface area contributed by atoms with Gasteiger partial charge in [0.15, 0.2) is 0 Å². The number of nitrogens with zero attached hydrogens (tertiary/aromatic N) is 2. The third-order valence-electron chi connectivity index (χ3n) is 6.28. The summed E-state index contributed by atoms with van der Waals surface area (Å²) in [6.45, 7) is 15.1. The van der Waals surface area contributed by atoms with E-state index in [0.717, 1.165) is 41.5 Å². The van der Waals surface area contributed by atoms with Gasteiger partial charge in [-0.05, 0) is 107 Å². The van der Waals surface area contributed by atoms with E-state index in [9.17, 15) is 9.59 Å². The number of likely N-dealkylation sites (tertiary alicyclic amines) is 1. The fourth-order valence-corrected chi connectivity index (χ4v) is 4.70. The predicted molar refractivity (Wildman–Crippen MR) is 163 cm³/mol. The highest BCUT2D eigenvalue weighted by Gasteiger charge is 2.27. The van der Waals surface area contributed by atoms with Crippen LogP contribution in [0.1, 0.15) is 71.4 Å². The third kappa shape index (κ3) is 10.4. The fraction of sp³-hybridized carbons (Fsp3) is 0.452. The minimum Gasteiger partial charge on any atom is -0.444 e. The molecule has 1 fully saturated rings. The molecule has 0 spiro atoms. The molecule has 2 amide bonds. The van der Waals surface area contributed by atoms with Gasteiger partial charge in [0.05, 0.1) is 12.4 Å². The number of hydrogen-bond acceptors (Lipinski definition) is 4. The second kappa shape index (κ2) is 15.3. The van der Waals surface area contributed by atoms with Crippen molar-refractivity contribution < 1.29 is 14.3 Å². The number of piperidine rings is 1. The van der Waals surface area contributed by atoms with E-state index < -0.39 is 5.60 Å². The molecule has 1 unspecified atom stereocenters. The van der Waals surface area contributed by atoms with Crippen LogP contribution >= 0.6 is 11.6 Å². The minimum absolute atomic E-state index is 0.229. The number of benzene rings is 1. The molecule has 0 bridgehead atoms. The zero-order valence-corrected chi connectivity index (χ0v) is 24.9. The first kappa shape index (κ1) is 31.9. The molecular formula is C31H43ClN4O3. The van der Waals surface area contributed by atoms with E-state index in [1.807, 2.05) is 52.8 Å². The van der Waals surface area contributed by atoms with E-state index in [-0.39, 0.29) is 12.1 Å². The standard InChI is InChI=1S/C31H43ClN4O3/c1-8-23(18-26(35-21-37)11-14-34-20-33-7)29-19-25(32)9-10-27(29)28(17-22(2)3)24-12-15-36(16-13-24)30(38)39-31(4,5)6/h8-11,14,19-21,26H,2,12-13,15-18H2,1,3-7H3,(H,33,34)(H,35,37)/b14-11+,23-8-. The molecule has 1 aromatic carbocycles. The largest absolute Gasteiger partial charge is 0.444 e. The first-order chi connectivity index (χ1) is 18.5. The highest BCUT2D eigenvalue weighted by Crippen LogP contribution is 2.38. The van der Waals surface area contributed by atoms with Crippen LogP contribution in [0.2, 0.25) is 5.02 Å². The molecule has 1 heterocycles. The van der Waals surface area contributed by atoms with E-state index in [1.165, 1.54) is 11.1 Å². The summed E-state index contributed by atoms with van der Waals surface area (Å²) >= 11 is 6.51. The molecule has 7 nitrogen and oxygen atoms in total. The van der Waals surface area contributed by atoms with Crippen LogP contribution in [0, 0.1) is 0 Å². The highest BCUT2D eigenvalue weighted by molar-refractivity contribution is 6.30. The minimum atomic E-state index is -0.523. The van der Waals surface area contributed by atoms with Gasteiger partial charge in [0.25, 0.3) is 0 Å². The highest BCUT2D eigenvalue weighted by atomic mass is 35.5. The molecule has 1 aliphatic rings. The van der Waals surface area contributed by atoms with Crippen molar-refractivity contribution in [3.05, 3.63) is 70.4 Å². The van der Waals surface area contributed by atoms with E-state index in [4.69, 9.17) is 16.3 Å². The Bertz CT molecular complexity index is 1130. The van der Waals surface area contributed by atoms with Gasteiger partial charge in [0, 0.05) is 25.2 Å². The molecule has 1 aliphatic heterocycles. The van der Waals surface area contributed by atoms with E-state index >= 15 is 0 Å². The normalized spacial score (nSPS) is 15.4. The number of hydrogen-bond donors (Lipinski definition) is 2. The van der Waals surface area contributed by atoms with Gasteiger partial charge in [-0.1, -0.05) is 41.5 Å². The Hall–Kier alpha value is -3.32. The lowest BCUT2D eigenvalue weighted by Gasteiger charge is -2.32. The van der Waals surface area contributed by atoms with Gasteiger partial charge < -0.3 is 20.3 Å². The Morgan fingerprint density at radius 2 is 1.95 bits per heavy atom. The molecular weight excluding hydrogens is 512 g/mol. The first-order valence-corrected chi connectivity index (χ1v) is 13.7. The maximum Gasteiger partial charge on any atom is 0.410 e. The SMILES string of the molecule is C=C(C)CC(=C1CCN(C(=O)OC(C)(C)C)CC1)c1ccc(Cl)cc1/C(=C\C)CC(/C=C/NC=NC)NC=O. The van der Waals surface area contributed by atoms with E-state index in [1.54, 1.807) is 24.5 Å². The average Bonchev–Trinajstić information content (AvgIpc) is 2.87. The lowest BCUT2D eigenvalue weighted by molar-refractivity contribution is -0.109. The van der Waals surface area contributed by atoms with Crippen LogP contribution in [0.25, 0.3) is 11.1 Å². The number of nitrogens with one attached hydrogen (secondary N) is 2. The number of halogens is 1. The monoisotopic (exact) mass is 554 g/mol. The van der Waals surface area contributed by atoms with Crippen molar-refractivity contribution in [2.24, 2.45) is 4.99 Å². The number of ether oxygens (including phenoxy) is 1. The molecule has 0 radical (unpaired) electrons. The summed E-state index contributed by atoms with van der Waals surface area (Å²) in [6, 6.07) is 5.75. The van der Waals surface area contributed by atoms with Crippen molar-refractivity contribution in [1.82, 2.24) is 15.5 Å². The van der Waals surface area contributed by atoms with Gasteiger partial charge in [-0.2, -0.15) is 0 Å². The summed E-state index contributed by atoms with van der Waals surface area (Å²) in [7, 11) is 1.68. The van der Waals surface area contributed by atoms with Crippen LogP contribution in [0.15, 0.2) is 59.3 Å². The van der Waals surface area contributed by atoms with Crippen LogP contribution in [-0.2, 0) is 9.53 Å². The van der Waals surface area contributed by atoms with Gasteiger partial charge >= 0.3 is 6.09 Å². The number of aliphatic imine (C=N–C) groups is 1. The number of carbonyl (C=O) groups is 2. The molecule has 0 aromatic heterocycles. The van der Waals surface area contributed by atoms with Crippen molar-refractivity contribution in [3.8, 4) is 0 Å². The fourth-order valence-electron chi connectivity index (χ4n) is 4.52. The third-order valence-corrected chi connectivity index (χ3v) is 6.51. The van der Waals surface area contributed by atoms with Gasteiger partial charge in [0.1, 0.15) is 5.60 Å². The lowest BCUT2D eigenvalue weighted by atomic mass is 9.84. The zero-order valence-electron chi connectivity index (χ0n) is 24.1. The van der Waals surface area contributed by atoms with Crippen molar-refractivity contribution >= 4 is 41.6 Å². The summed E-state index contributed by atoms with van der Waals surface area (Å²) < 4.78 is 5.59. The number of carbonyl (C=O) groups excluding carboxylic acids is 2. The Kier molecular flexibility index (Phi) is 12.5. The number of allylic oxidation sites excluding steroid dienone is 3. The molecule has 8 heteroatoms. The van der Waals surface area contributed by atoms with E-state index in [0.29, 0.717) is 30.9 Å². The van der Waals surface area contributed by atoms with Crippen molar-refractivity contribution in [2.45, 2.75) is 71.9 Å². The zero-order chi connectivity index (χ0) is 29.0. The van der Waals surface area contributed by atoms with E-state index in [2.05, 4.69) is 34.3 Å². The second-order valence-corrected chi connectivity index (χ2v) is 11.1. The van der Waals surface area contributed by atoms with Crippen molar-refractivity contribution in [3.63, 3.8) is 0 Å². The molecule has 39 heavy (non-hydrogen) atoms. The van der Waals surface area contributed by atoms with Gasteiger partial charge in [-0.15, -0.1) is 0 Å². The molecule has 1 aromatic rings. The topological polar surface area (TPSA) is 83.0 Å². The maximum atomic E-state index is 12.6. The molecule has 1 atom stereocenters. The van der Waals surface area contributed by atoms with Crippen LogP contribution in [0.3, 0.4) is 0 Å². The van der Waals surface area contributed by atoms with Crippen LogP contribution in [0.4, 0.5) is 4.79 Å². The Labute approximate surface area is 238 Å². The van der Waals surface area contributed by atoms with Gasteiger partial charge in [0.2, 0.25) is 6.41 Å². The van der Waals surface area contributed by atoms with Crippen LogP contribution < -0.4 is 10.6 Å². The lowest BCUT2D eigenvalue weighted by Crippen LogP contribution is -2.40. The van der Waals surface area contributed by atoms with Crippen LogP contribution in [0.5, 0.6) is 0 Å². The van der Waals surface area contributed by atoms with Crippen molar-refractivity contribution in [2.75, 3.05) is 20.1 Å². The number of rotatable bonds is 11.